The van der Waals surface area contributed by atoms with Crippen molar-refractivity contribution < 1.29 is 9.53 Å². The summed E-state index contributed by atoms with van der Waals surface area (Å²) in [6, 6.07) is 21.3. The minimum Gasteiger partial charge on any atom is -0.497 e. The van der Waals surface area contributed by atoms with Crippen molar-refractivity contribution in [2.75, 3.05) is 12.4 Å². The Morgan fingerprint density at radius 1 is 1.13 bits per heavy atom. The van der Waals surface area contributed by atoms with Crippen LogP contribution in [0, 0.1) is 11.3 Å². The molecule has 0 aliphatic carbocycles. The van der Waals surface area contributed by atoms with Crippen LogP contribution in [0.3, 0.4) is 0 Å². The fraction of sp³-hybridized carbons (Fsp3) is 0.125. The van der Waals surface area contributed by atoms with Gasteiger partial charge in [-0.1, -0.05) is 36.4 Å². The zero-order valence-electron chi connectivity index (χ0n) is 16.5. The summed E-state index contributed by atoms with van der Waals surface area (Å²) < 4.78 is 5.27. The third-order valence-corrected chi connectivity index (χ3v) is 5.74. The molecule has 0 aliphatic heterocycles. The number of methoxy groups -OCH3 is 1. The van der Waals surface area contributed by atoms with Gasteiger partial charge in [0.1, 0.15) is 5.75 Å². The maximum Gasteiger partial charge on any atom is 0.233 e. The summed E-state index contributed by atoms with van der Waals surface area (Å²) in [5, 5.41) is 16.5. The number of benzene rings is 3. The Morgan fingerprint density at radius 3 is 2.73 bits per heavy atom. The van der Waals surface area contributed by atoms with E-state index in [0.717, 1.165) is 33.3 Å². The van der Waals surface area contributed by atoms with E-state index in [1.54, 1.807) is 19.2 Å². The van der Waals surface area contributed by atoms with Gasteiger partial charge in [-0.2, -0.15) is 5.26 Å². The van der Waals surface area contributed by atoms with Crippen LogP contribution in [0.5, 0.6) is 5.75 Å². The molecule has 0 saturated heterocycles. The van der Waals surface area contributed by atoms with E-state index < -0.39 is 0 Å². The van der Waals surface area contributed by atoms with Crippen molar-refractivity contribution >= 4 is 33.1 Å². The summed E-state index contributed by atoms with van der Waals surface area (Å²) in [4.78, 5) is 17.3. The fourth-order valence-electron chi connectivity index (χ4n) is 3.22. The summed E-state index contributed by atoms with van der Waals surface area (Å²) in [5.74, 6) is 0.362. The van der Waals surface area contributed by atoms with Gasteiger partial charge in [0, 0.05) is 10.9 Å². The first-order valence-corrected chi connectivity index (χ1v) is 10.3. The first-order valence-electron chi connectivity index (χ1n) is 9.42. The van der Waals surface area contributed by atoms with Crippen LogP contribution in [0.25, 0.3) is 22.0 Å². The first-order chi connectivity index (χ1) is 14.6. The lowest BCUT2D eigenvalue weighted by Gasteiger charge is -2.12. The van der Waals surface area contributed by atoms with Gasteiger partial charge in [-0.15, -0.1) is 11.3 Å². The van der Waals surface area contributed by atoms with Gasteiger partial charge in [-0.05, 0) is 47.5 Å². The molecular weight excluding hydrogens is 394 g/mol. The second-order valence-electron chi connectivity index (χ2n) is 6.91. The maximum atomic E-state index is 12.8. The number of rotatable bonds is 5. The number of nitrogens with one attached hydrogen (secondary N) is 1. The van der Waals surface area contributed by atoms with Gasteiger partial charge in [0.15, 0.2) is 5.13 Å². The number of fused-ring (bicyclic) bond motifs is 1. The molecule has 1 atom stereocenters. The van der Waals surface area contributed by atoms with Crippen molar-refractivity contribution in [1.82, 2.24) is 4.98 Å². The number of hydrogen-bond acceptors (Lipinski definition) is 5. The molecule has 5 nitrogen and oxygen atoms in total. The molecule has 1 aromatic heterocycles. The van der Waals surface area contributed by atoms with Crippen LogP contribution < -0.4 is 10.1 Å². The highest BCUT2D eigenvalue weighted by Crippen LogP contribution is 2.28. The number of carbonyl (C=O) groups is 1. The quantitative estimate of drug-likeness (QED) is 0.463. The van der Waals surface area contributed by atoms with E-state index >= 15 is 0 Å². The van der Waals surface area contributed by atoms with Crippen molar-refractivity contribution in [2.24, 2.45) is 0 Å². The van der Waals surface area contributed by atoms with Gasteiger partial charge in [0.2, 0.25) is 5.91 Å². The van der Waals surface area contributed by atoms with E-state index in [-0.39, 0.29) is 11.8 Å². The molecule has 6 heteroatoms. The second-order valence-corrected chi connectivity index (χ2v) is 7.77. The molecule has 1 N–H and O–H groups in total. The molecule has 1 unspecified atom stereocenters. The summed E-state index contributed by atoms with van der Waals surface area (Å²) in [6.45, 7) is 1.88. The lowest BCUT2D eigenvalue weighted by atomic mass is 9.97. The number of aromatic nitrogens is 1. The molecule has 1 heterocycles. The van der Waals surface area contributed by atoms with Gasteiger partial charge >= 0.3 is 0 Å². The minimum atomic E-state index is -0.328. The molecular formula is C24H19N3O2S. The molecule has 30 heavy (non-hydrogen) atoms. The van der Waals surface area contributed by atoms with Gasteiger partial charge in [-0.25, -0.2) is 4.98 Å². The van der Waals surface area contributed by atoms with Crippen LogP contribution >= 0.6 is 11.3 Å². The number of ether oxygens (including phenoxy) is 1. The number of amides is 1. The Morgan fingerprint density at radius 2 is 1.93 bits per heavy atom. The Labute approximate surface area is 178 Å². The number of thiazole rings is 1. The van der Waals surface area contributed by atoms with Gasteiger partial charge in [0.05, 0.1) is 30.4 Å². The molecule has 0 radical (unpaired) electrons. The van der Waals surface area contributed by atoms with Crippen molar-refractivity contribution in [1.29, 1.82) is 5.26 Å². The molecule has 3 aromatic carbocycles. The van der Waals surface area contributed by atoms with Crippen LogP contribution in [0.4, 0.5) is 5.13 Å². The molecule has 0 saturated carbocycles. The van der Waals surface area contributed by atoms with Crippen molar-refractivity contribution in [3.63, 3.8) is 0 Å². The Bertz CT molecular complexity index is 1270. The van der Waals surface area contributed by atoms with E-state index in [1.165, 1.54) is 11.3 Å². The Hall–Kier alpha value is -3.69. The molecule has 4 aromatic rings. The van der Waals surface area contributed by atoms with Crippen LogP contribution in [0.15, 0.2) is 66.0 Å². The van der Waals surface area contributed by atoms with Crippen molar-refractivity contribution in [3.8, 4) is 23.1 Å². The normalized spacial score (nSPS) is 11.6. The van der Waals surface area contributed by atoms with E-state index in [0.29, 0.717) is 10.7 Å². The standard InChI is InChI=1S/C24H19N3O2S/c1-15(17-6-7-19-12-21(29-2)9-8-18(19)11-17)23(28)27-24-26-22(14-30-24)20-5-3-4-16(10-20)13-25/h3-12,14-15H,1-2H3,(H,26,27,28). The predicted molar refractivity (Wildman–Crippen MR) is 120 cm³/mol. The number of anilines is 1. The first kappa shape index (κ1) is 19.6. The van der Waals surface area contributed by atoms with E-state index in [1.807, 2.05) is 60.8 Å². The van der Waals surface area contributed by atoms with Gasteiger partial charge in [0.25, 0.3) is 0 Å². The number of nitriles is 1. The van der Waals surface area contributed by atoms with E-state index in [2.05, 4.69) is 16.4 Å². The van der Waals surface area contributed by atoms with Gasteiger partial charge < -0.3 is 10.1 Å². The zero-order valence-corrected chi connectivity index (χ0v) is 17.4. The van der Waals surface area contributed by atoms with Crippen LogP contribution in [0.2, 0.25) is 0 Å². The third kappa shape index (κ3) is 4.02. The molecule has 0 spiro atoms. The minimum absolute atomic E-state index is 0.116. The Balaban J connectivity index is 1.50. The predicted octanol–water partition coefficient (Wildman–Crippen LogP) is 5.59. The lowest BCUT2D eigenvalue weighted by molar-refractivity contribution is -0.117. The number of hydrogen-bond donors (Lipinski definition) is 1. The smallest absolute Gasteiger partial charge is 0.233 e. The SMILES string of the molecule is COc1ccc2cc(C(C)C(=O)Nc3nc(-c4cccc(C#N)c4)cs3)ccc2c1. The molecule has 1 amide bonds. The fourth-order valence-corrected chi connectivity index (χ4v) is 3.94. The summed E-state index contributed by atoms with van der Waals surface area (Å²) in [6.07, 6.45) is 0. The number of nitrogens with zero attached hydrogens (tertiary/aromatic N) is 2. The average Bonchev–Trinajstić information content (AvgIpc) is 3.26. The van der Waals surface area contributed by atoms with Crippen LogP contribution in [0.1, 0.15) is 24.0 Å². The molecule has 4 rings (SSSR count). The maximum absolute atomic E-state index is 12.8. The summed E-state index contributed by atoms with van der Waals surface area (Å²) in [7, 11) is 1.65. The highest BCUT2D eigenvalue weighted by atomic mass is 32.1. The summed E-state index contributed by atoms with van der Waals surface area (Å²) in [5.41, 5.74) is 3.10. The van der Waals surface area contributed by atoms with Gasteiger partial charge in [-0.3, -0.25) is 4.79 Å². The highest BCUT2D eigenvalue weighted by molar-refractivity contribution is 7.14. The summed E-state index contributed by atoms with van der Waals surface area (Å²) >= 11 is 1.37. The molecule has 148 valence electrons. The van der Waals surface area contributed by atoms with Crippen LogP contribution in [-0.2, 0) is 4.79 Å². The largest absolute Gasteiger partial charge is 0.497 e. The monoisotopic (exact) mass is 413 g/mol. The average molecular weight is 414 g/mol. The number of carbonyl (C=O) groups excluding carboxylic acids is 1. The second kappa shape index (κ2) is 8.36. The molecule has 0 bridgehead atoms. The highest BCUT2D eigenvalue weighted by Gasteiger charge is 2.17. The van der Waals surface area contributed by atoms with Crippen molar-refractivity contribution in [3.05, 3.63) is 77.2 Å². The topological polar surface area (TPSA) is 75.0 Å². The van der Waals surface area contributed by atoms with E-state index in [9.17, 15) is 4.79 Å². The third-order valence-electron chi connectivity index (χ3n) is 4.99. The Kier molecular flexibility index (Phi) is 5.46. The van der Waals surface area contributed by atoms with Crippen molar-refractivity contribution in [2.45, 2.75) is 12.8 Å². The molecule has 0 fully saturated rings. The van der Waals surface area contributed by atoms with Crippen LogP contribution in [-0.4, -0.2) is 18.0 Å². The zero-order chi connectivity index (χ0) is 21.1. The molecule has 0 aliphatic rings. The lowest BCUT2D eigenvalue weighted by Crippen LogP contribution is -2.18. The van der Waals surface area contributed by atoms with E-state index in [4.69, 9.17) is 10.00 Å².